The minimum atomic E-state index is -0.133. The molecule has 6 nitrogen and oxygen atoms in total. The van der Waals surface area contributed by atoms with Gasteiger partial charge in [0.1, 0.15) is 11.5 Å². The van der Waals surface area contributed by atoms with Crippen LogP contribution in [0.1, 0.15) is 70.5 Å². The largest absolute Gasteiger partial charge is 0.511 e. The van der Waals surface area contributed by atoms with Crippen LogP contribution in [-0.2, 0) is 17.6 Å². The molecule has 4 aromatic carbocycles. The summed E-state index contributed by atoms with van der Waals surface area (Å²) < 4.78 is 5.65. The Hall–Kier alpha value is -5.10. The van der Waals surface area contributed by atoms with E-state index in [2.05, 4.69) is 5.16 Å². The molecule has 0 aliphatic heterocycles. The molecule has 2 aliphatic carbocycles. The zero-order valence-corrected chi connectivity index (χ0v) is 24.3. The SMILES string of the molecule is O=C1CC(c2ccccc2)CC(=Nc2ccc3ccccc3c2)/C1=C(\O)CCc1noc2c1C(=O)CC(c1ccccc1)C2. The highest BCUT2D eigenvalue weighted by atomic mass is 16.5. The van der Waals surface area contributed by atoms with Crippen molar-refractivity contribution >= 4 is 33.7 Å². The van der Waals surface area contributed by atoms with Crippen LogP contribution in [-0.4, -0.2) is 27.5 Å². The van der Waals surface area contributed by atoms with Crippen molar-refractivity contribution in [3.05, 3.63) is 143 Å². The summed E-state index contributed by atoms with van der Waals surface area (Å²) in [5.74, 6) is 0.460. The van der Waals surface area contributed by atoms with Crippen LogP contribution in [0.3, 0.4) is 0 Å². The van der Waals surface area contributed by atoms with Gasteiger partial charge in [-0.2, -0.15) is 0 Å². The number of benzene rings is 4. The second-order valence-corrected chi connectivity index (χ2v) is 11.7. The Bertz CT molecular complexity index is 1920. The molecule has 1 heterocycles. The molecule has 218 valence electrons. The average Bonchev–Trinajstić information content (AvgIpc) is 3.48. The number of hydrogen-bond acceptors (Lipinski definition) is 6. The maximum Gasteiger partial charge on any atom is 0.168 e. The molecule has 2 aliphatic rings. The lowest BCUT2D eigenvalue weighted by Gasteiger charge is -2.26. The van der Waals surface area contributed by atoms with Crippen molar-refractivity contribution in [1.82, 2.24) is 5.16 Å². The van der Waals surface area contributed by atoms with E-state index in [0.717, 1.165) is 27.6 Å². The molecule has 0 saturated heterocycles. The molecule has 1 fully saturated rings. The fourth-order valence-corrected chi connectivity index (χ4v) is 6.62. The molecule has 6 heteroatoms. The maximum atomic E-state index is 13.7. The van der Waals surface area contributed by atoms with E-state index in [-0.39, 0.29) is 47.6 Å². The second kappa shape index (κ2) is 11.9. The number of aliphatic imine (C=N–C) groups is 1. The molecule has 1 N–H and O–H groups in total. The van der Waals surface area contributed by atoms with Crippen LogP contribution in [0.2, 0.25) is 0 Å². The fraction of sp³-hybridized carbons (Fsp3) is 0.211. The number of nitrogens with zero attached hydrogens (tertiary/aromatic N) is 2. The van der Waals surface area contributed by atoms with Gasteiger partial charge in [-0.15, -0.1) is 0 Å². The van der Waals surface area contributed by atoms with Crippen molar-refractivity contribution in [2.75, 3.05) is 0 Å². The van der Waals surface area contributed by atoms with Gasteiger partial charge in [-0.05, 0) is 52.3 Å². The Labute approximate surface area is 255 Å². The first-order valence-electron chi connectivity index (χ1n) is 15.2. The van der Waals surface area contributed by atoms with E-state index in [0.29, 0.717) is 48.4 Å². The van der Waals surface area contributed by atoms with E-state index < -0.39 is 0 Å². The monoisotopic (exact) mass is 580 g/mol. The summed E-state index contributed by atoms with van der Waals surface area (Å²) in [7, 11) is 0. The summed E-state index contributed by atoms with van der Waals surface area (Å²) in [6.45, 7) is 0. The number of Topliss-reactive ketones (excluding diaryl/α,β-unsaturated/α-hetero) is 2. The zero-order chi connectivity index (χ0) is 30.0. The number of aryl methyl sites for hydroxylation is 1. The number of carbonyl (C=O) groups excluding carboxylic acids is 2. The number of carbonyl (C=O) groups is 2. The molecule has 0 bridgehead atoms. The van der Waals surface area contributed by atoms with E-state index >= 15 is 0 Å². The highest BCUT2D eigenvalue weighted by Gasteiger charge is 2.34. The maximum absolute atomic E-state index is 13.7. The molecular formula is C38H32N2O4. The fourth-order valence-electron chi connectivity index (χ4n) is 6.62. The Balaban J connectivity index is 1.18. The molecule has 5 aromatic rings. The third kappa shape index (κ3) is 5.51. The van der Waals surface area contributed by atoms with Crippen molar-refractivity contribution in [3.8, 4) is 0 Å². The number of aliphatic hydroxyl groups is 1. The average molecular weight is 581 g/mol. The van der Waals surface area contributed by atoms with Gasteiger partial charge in [0, 0.05) is 32.1 Å². The second-order valence-electron chi connectivity index (χ2n) is 11.7. The van der Waals surface area contributed by atoms with E-state index in [1.165, 1.54) is 0 Å². The number of aromatic nitrogens is 1. The molecule has 2 atom stereocenters. The molecule has 0 amide bonds. The van der Waals surface area contributed by atoms with E-state index in [1.807, 2.05) is 103 Å². The Morgan fingerprint density at radius 2 is 1.39 bits per heavy atom. The minimum absolute atomic E-state index is 0.00139. The predicted molar refractivity (Wildman–Crippen MR) is 171 cm³/mol. The van der Waals surface area contributed by atoms with Gasteiger partial charge in [-0.25, -0.2) is 0 Å². The lowest BCUT2D eigenvalue weighted by Crippen LogP contribution is -2.26. The van der Waals surface area contributed by atoms with Gasteiger partial charge in [-0.1, -0.05) is 96.2 Å². The summed E-state index contributed by atoms with van der Waals surface area (Å²) in [5, 5.41) is 17.8. The third-order valence-corrected chi connectivity index (χ3v) is 8.84. The summed E-state index contributed by atoms with van der Waals surface area (Å²) >= 11 is 0. The van der Waals surface area contributed by atoms with Crippen LogP contribution in [0.25, 0.3) is 10.8 Å². The molecule has 7 rings (SSSR count). The normalized spacial score (nSPS) is 20.6. The Kier molecular flexibility index (Phi) is 7.49. The predicted octanol–water partition coefficient (Wildman–Crippen LogP) is 8.40. The van der Waals surface area contributed by atoms with Crippen LogP contribution in [0.5, 0.6) is 0 Å². The molecular weight excluding hydrogens is 548 g/mol. The Morgan fingerprint density at radius 1 is 0.750 bits per heavy atom. The van der Waals surface area contributed by atoms with Crippen LogP contribution < -0.4 is 0 Å². The number of hydrogen-bond donors (Lipinski definition) is 1. The van der Waals surface area contributed by atoms with E-state index in [9.17, 15) is 14.7 Å². The minimum Gasteiger partial charge on any atom is -0.511 e. The van der Waals surface area contributed by atoms with Crippen LogP contribution in [0.15, 0.2) is 124 Å². The van der Waals surface area contributed by atoms with Gasteiger partial charge >= 0.3 is 0 Å². The van der Waals surface area contributed by atoms with Gasteiger partial charge in [0.15, 0.2) is 11.6 Å². The first kappa shape index (κ1) is 27.7. The van der Waals surface area contributed by atoms with Crippen molar-refractivity contribution in [1.29, 1.82) is 0 Å². The summed E-state index contributed by atoms with van der Waals surface area (Å²) in [4.78, 5) is 31.8. The summed E-state index contributed by atoms with van der Waals surface area (Å²) in [6, 6.07) is 34.0. The van der Waals surface area contributed by atoms with Gasteiger partial charge < -0.3 is 9.63 Å². The highest BCUT2D eigenvalue weighted by molar-refractivity contribution is 6.25. The zero-order valence-electron chi connectivity index (χ0n) is 24.3. The molecule has 1 aromatic heterocycles. The molecule has 0 spiro atoms. The van der Waals surface area contributed by atoms with Crippen molar-refractivity contribution in [3.63, 3.8) is 0 Å². The quantitative estimate of drug-likeness (QED) is 0.161. The number of ketones is 2. The summed E-state index contributed by atoms with van der Waals surface area (Å²) in [5.41, 5.74) is 4.82. The van der Waals surface area contributed by atoms with Gasteiger partial charge in [0.25, 0.3) is 0 Å². The third-order valence-electron chi connectivity index (χ3n) is 8.84. The van der Waals surface area contributed by atoms with Crippen molar-refractivity contribution in [2.45, 2.75) is 50.4 Å². The van der Waals surface area contributed by atoms with Crippen molar-refractivity contribution in [2.24, 2.45) is 4.99 Å². The smallest absolute Gasteiger partial charge is 0.168 e. The van der Waals surface area contributed by atoms with Crippen LogP contribution >= 0.6 is 0 Å². The first-order valence-corrected chi connectivity index (χ1v) is 15.2. The molecule has 44 heavy (non-hydrogen) atoms. The molecule has 0 radical (unpaired) electrons. The lowest BCUT2D eigenvalue weighted by atomic mass is 9.78. The molecule has 2 unspecified atom stereocenters. The van der Waals surface area contributed by atoms with Crippen molar-refractivity contribution < 1.29 is 19.2 Å². The van der Waals surface area contributed by atoms with Crippen LogP contribution in [0.4, 0.5) is 5.69 Å². The lowest BCUT2D eigenvalue weighted by molar-refractivity contribution is -0.116. The topological polar surface area (TPSA) is 92.8 Å². The Morgan fingerprint density at radius 3 is 2.11 bits per heavy atom. The van der Waals surface area contributed by atoms with Crippen LogP contribution in [0, 0.1) is 0 Å². The standard InChI is InChI=1S/C38H32N2O4/c41-33(18-17-31-38-35(43)22-29(23-36(38)44-40-31)25-11-5-2-6-12-25)37-32(20-28(21-34(37)42)24-9-3-1-4-10-24)39-30-16-15-26-13-7-8-14-27(26)19-30/h1-16,19,28-29,41H,17-18,20-23H2/b37-33+,39-32?. The molecule has 1 saturated carbocycles. The summed E-state index contributed by atoms with van der Waals surface area (Å²) in [6.07, 6.45) is 2.25. The van der Waals surface area contributed by atoms with E-state index in [4.69, 9.17) is 9.52 Å². The number of aliphatic hydroxyl groups excluding tert-OH is 1. The van der Waals surface area contributed by atoms with Gasteiger partial charge in [-0.3, -0.25) is 14.6 Å². The van der Waals surface area contributed by atoms with Gasteiger partial charge in [0.2, 0.25) is 0 Å². The van der Waals surface area contributed by atoms with E-state index in [1.54, 1.807) is 0 Å². The number of allylic oxidation sites excluding steroid dienone is 2. The van der Waals surface area contributed by atoms with Gasteiger partial charge in [0.05, 0.1) is 28.2 Å². The highest BCUT2D eigenvalue weighted by Crippen LogP contribution is 2.37. The first-order chi connectivity index (χ1) is 21.5. The number of rotatable bonds is 6. The number of fused-ring (bicyclic) bond motifs is 2.